The smallest absolute Gasteiger partial charge is 0.262 e. The molecule has 6 heteroatoms. The largest absolute Gasteiger partial charge is 0.508 e. The lowest BCUT2D eigenvalue weighted by Gasteiger charge is -2.12. The summed E-state index contributed by atoms with van der Waals surface area (Å²) >= 11 is 0. The standard InChI is InChI=1S/C17H19N3O3/c18-10-13(8-12-4-3-7-15(21)9-12)17(23)19-11-16(22)20-14-5-1-2-6-14/h3-4,7-9,14,21H,1-2,5-6,11H2,(H,19,23)(H,20,22)/b13-8+. The molecule has 0 saturated heterocycles. The fourth-order valence-corrected chi connectivity index (χ4v) is 2.53. The number of amides is 2. The molecule has 1 fully saturated rings. The van der Waals surface area contributed by atoms with Gasteiger partial charge in [-0.25, -0.2) is 0 Å². The lowest BCUT2D eigenvalue weighted by atomic mass is 10.1. The Bertz CT molecular complexity index is 655. The molecule has 0 atom stereocenters. The number of nitrogens with one attached hydrogen (secondary N) is 2. The second-order valence-electron chi connectivity index (χ2n) is 5.50. The van der Waals surface area contributed by atoms with E-state index in [1.807, 2.05) is 0 Å². The molecule has 23 heavy (non-hydrogen) atoms. The maximum absolute atomic E-state index is 12.0. The third kappa shape index (κ3) is 5.15. The highest BCUT2D eigenvalue weighted by Gasteiger charge is 2.17. The molecule has 6 nitrogen and oxygen atoms in total. The number of carbonyl (C=O) groups excluding carboxylic acids is 2. The predicted molar refractivity (Wildman–Crippen MR) is 85.1 cm³/mol. The lowest BCUT2D eigenvalue weighted by Crippen LogP contribution is -2.41. The zero-order valence-electron chi connectivity index (χ0n) is 12.7. The van der Waals surface area contributed by atoms with Crippen LogP contribution in [-0.2, 0) is 9.59 Å². The van der Waals surface area contributed by atoms with Crippen molar-refractivity contribution in [3.8, 4) is 11.8 Å². The molecule has 2 rings (SSSR count). The van der Waals surface area contributed by atoms with Crippen LogP contribution in [0.1, 0.15) is 31.2 Å². The molecule has 0 aliphatic heterocycles. The normalized spacial score (nSPS) is 15.0. The molecule has 120 valence electrons. The molecule has 2 amide bonds. The number of aromatic hydroxyl groups is 1. The van der Waals surface area contributed by atoms with Gasteiger partial charge in [-0.1, -0.05) is 25.0 Å². The molecular formula is C17H19N3O3. The summed E-state index contributed by atoms with van der Waals surface area (Å²) in [5.74, 6) is -0.815. The average molecular weight is 313 g/mol. The molecule has 1 aromatic rings. The average Bonchev–Trinajstić information content (AvgIpc) is 3.03. The van der Waals surface area contributed by atoms with Crippen LogP contribution in [0.25, 0.3) is 6.08 Å². The van der Waals surface area contributed by atoms with Gasteiger partial charge in [-0.15, -0.1) is 0 Å². The Balaban J connectivity index is 1.89. The topological polar surface area (TPSA) is 102 Å². The Hall–Kier alpha value is -2.81. The van der Waals surface area contributed by atoms with E-state index in [-0.39, 0.29) is 29.8 Å². The summed E-state index contributed by atoms with van der Waals surface area (Å²) in [4.78, 5) is 23.7. The molecule has 0 bridgehead atoms. The Kier molecular flexibility index (Phi) is 5.75. The number of carbonyl (C=O) groups is 2. The first-order valence-corrected chi connectivity index (χ1v) is 7.57. The fraction of sp³-hybridized carbons (Fsp3) is 0.353. The van der Waals surface area contributed by atoms with Crippen molar-refractivity contribution >= 4 is 17.9 Å². The van der Waals surface area contributed by atoms with Crippen molar-refractivity contribution in [2.24, 2.45) is 0 Å². The number of phenols is 1. The molecule has 0 radical (unpaired) electrons. The van der Waals surface area contributed by atoms with Gasteiger partial charge < -0.3 is 15.7 Å². The van der Waals surface area contributed by atoms with E-state index < -0.39 is 5.91 Å². The van der Waals surface area contributed by atoms with Crippen molar-refractivity contribution in [3.05, 3.63) is 35.4 Å². The van der Waals surface area contributed by atoms with Gasteiger partial charge >= 0.3 is 0 Å². The van der Waals surface area contributed by atoms with Crippen LogP contribution in [0, 0.1) is 11.3 Å². The van der Waals surface area contributed by atoms with Crippen molar-refractivity contribution in [1.29, 1.82) is 5.26 Å². The van der Waals surface area contributed by atoms with Crippen LogP contribution in [0.3, 0.4) is 0 Å². The number of rotatable bonds is 5. The van der Waals surface area contributed by atoms with Crippen molar-refractivity contribution in [1.82, 2.24) is 10.6 Å². The predicted octanol–water partition coefficient (Wildman–Crippen LogP) is 1.47. The molecule has 1 saturated carbocycles. The quantitative estimate of drug-likeness (QED) is 0.566. The van der Waals surface area contributed by atoms with Crippen molar-refractivity contribution in [2.45, 2.75) is 31.7 Å². The molecule has 0 heterocycles. The van der Waals surface area contributed by atoms with E-state index in [9.17, 15) is 14.7 Å². The van der Waals surface area contributed by atoms with Gasteiger partial charge in [0.05, 0.1) is 6.54 Å². The van der Waals surface area contributed by atoms with Gasteiger partial charge in [0.1, 0.15) is 17.4 Å². The van der Waals surface area contributed by atoms with E-state index >= 15 is 0 Å². The number of nitriles is 1. The minimum Gasteiger partial charge on any atom is -0.508 e. The highest BCUT2D eigenvalue weighted by atomic mass is 16.3. The number of benzene rings is 1. The third-order valence-electron chi connectivity index (χ3n) is 3.68. The molecular weight excluding hydrogens is 294 g/mol. The van der Waals surface area contributed by atoms with Gasteiger partial charge in [0.25, 0.3) is 5.91 Å². The van der Waals surface area contributed by atoms with Gasteiger partial charge in [0, 0.05) is 6.04 Å². The van der Waals surface area contributed by atoms with E-state index in [1.165, 1.54) is 18.2 Å². The van der Waals surface area contributed by atoms with Gasteiger partial charge in [0.2, 0.25) is 5.91 Å². The summed E-state index contributed by atoms with van der Waals surface area (Å²) in [5, 5.41) is 23.8. The fourth-order valence-electron chi connectivity index (χ4n) is 2.53. The number of nitrogens with zero attached hydrogens (tertiary/aromatic N) is 1. The maximum atomic E-state index is 12.0. The highest BCUT2D eigenvalue weighted by Crippen LogP contribution is 2.17. The maximum Gasteiger partial charge on any atom is 0.262 e. The summed E-state index contributed by atoms with van der Waals surface area (Å²) in [5.41, 5.74) is 0.413. The number of phenolic OH excluding ortho intramolecular Hbond substituents is 1. The minimum absolute atomic E-state index is 0.0485. The number of hydrogen-bond donors (Lipinski definition) is 3. The summed E-state index contributed by atoms with van der Waals surface area (Å²) in [6, 6.07) is 8.21. The summed E-state index contributed by atoms with van der Waals surface area (Å²) in [6.45, 7) is -0.158. The molecule has 1 aromatic carbocycles. The van der Waals surface area contributed by atoms with E-state index in [0.717, 1.165) is 25.7 Å². The Morgan fingerprint density at radius 1 is 1.35 bits per heavy atom. The second-order valence-corrected chi connectivity index (χ2v) is 5.50. The first-order valence-electron chi connectivity index (χ1n) is 7.57. The Labute approximate surface area is 134 Å². The van der Waals surface area contributed by atoms with E-state index in [1.54, 1.807) is 18.2 Å². The van der Waals surface area contributed by atoms with Crippen molar-refractivity contribution < 1.29 is 14.7 Å². The summed E-state index contributed by atoms with van der Waals surface area (Å²) in [6.07, 6.45) is 5.54. The van der Waals surface area contributed by atoms with Crippen LogP contribution >= 0.6 is 0 Å². The second kappa shape index (κ2) is 7.99. The first kappa shape index (κ1) is 16.6. The van der Waals surface area contributed by atoms with E-state index in [0.29, 0.717) is 5.56 Å². The molecule has 0 spiro atoms. The monoisotopic (exact) mass is 313 g/mol. The van der Waals surface area contributed by atoms with Gasteiger partial charge in [-0.3, -0.25) is 9.59 Å². The van der Waals surface area contributed by atoms with E-state index in [4.69, 9.17) is 5.26 Å². The molecule has 0 unspecified atom stereocenters. The summed E-state index contributed by atoms with van der Waals surface area (Å²) in [7, 11) is 0. The molecule has 3 N–H and O–H groups in total. The van der Waals surface area contributed by atoms with Crippen LogP contribution in [0.4, 0.5) is 0 Å². The molecule has 1 aliphatic carbocycles. The van der Waals surface area contributed by atoms with Gasteiger partial charge in [-0.05, 0) is 36.6 Å². The zero-order chi connectivity index (χ0) is 16.7. The van der Waals surface area contributed by atoms with Crippen molar-refractivity contribution in [3.63, 3.8) is 0 Å². The summed E-state index contributed by atoms with van der Waals surface area (Å²) < 4.78 is 0. The minimum atomic E-state index is -0.614. The van der Waals surface area contributed by atoms with Crippen LogP contribution < -0.4 is 10.6 Å². The Morgan fingerprint density at radius 2 is 2.09 bits per heavy atom. The van der Waals surface area contributed by atoms with Crippen LogP contribution in [0.5, 0.6) is 5.75 Å². The first-order chi connectivity index (χ1) is 11.1. The molecule has 1 aliphatic rings. The molecule has 0 aromatic heterocycles. The van der Waals surface area contributed by atoms with Crippen LogP contribution in [0.15, 0.2) is 29.8 Å². The Morgan fingerprint density at radius 3 is 2.74 bits per heavy atom. The van der Waals surface area contributed by atoms with E-state index in [2.05, 4.69) is 10.6 Å². The van der Waals surface area contributed by atoms with Gasteiger partial charge in [0.15, 0.2) is 0 Å². The zero-order valence-corrected chi connectivity index (χ0v) is 12.7. The van der Waals surface area contributed by atoms with Crippen LogP contribution in [0.2, 0.25) is 0 Å². The number of hydrogen-bond acceptors (Lipinski definition) is 4. The van der Waals surface area contributed by atoms with Gasteiger partial charge in [-0.2, -0.15) is 5.26 Å². The van der Waals surface area contributed by atoms with Crippen molar-refractivity contribution in [2.75, 3.05) is 6.54 Å². The van der Waals surface area contributed by atoms with Crippen LogP contribution in [-0.4, -0.2) is 29.5 Å². The third-order valence-corrected chi connectivity index (χ3v) is 3.68. The highest BCUT2D eigenvalue weighted by molar-refractivity contribution is 6.03. The SMILES string of the molecule is N#C/C(=C\c1cccc(O)c1)C(=O)NCC(=O)NC1CCCC1. The lowest BCUT2D eigenvalue weighted by molar-refractivity contribution is -0.124.